The number of nitrogens with one attached hydrogen (secondary N) is 1. The lowest BCUT2D eigenvalue weighted by atomic mass is 10.0. The van der Waals surface area contributed by atoms with Gasteiger partial charge >= 0.3 is 5.97 Å². The van der Waals surface area contributed by atoms with E-state index in [0.29, 0.717) is 10.6 Å². The van der Waals surface area contributed by atoms with Crippen molar-refractivity contribution >= 4 is 39.8 Å². The summed E-state index contributed by atoms with van der Waals surface area (Å²) in [6, 6.07) is 17.5. The zero-order valence-corrected chi connectivity index (χ0v) is 20.0. The predicted molar refractivity (Wildman–Crippen MR) is 133 cm³/mol. The average Bonchev–Trinajstić information content (AvgIpc) is 3.25. The van der Waals surface area contributed by atoms with Gasteiger partial charge in [0.25, 0.3) is 0 Å². The van der Waals surface area contributed by atoms with Crippen LogP contribution in [0.15, 0.2) is 60.0 Å². The number of esters is 1. The lowest BCUT2D eigenvalue weighted by Gasteiger charge is -2.34. The van der Waals surface area contributed by atoms with Crippen molar-refractivity contribution < 1.29 is 14.3 Å². The number of halogens is 1. The van der Waals surface area contributed by atoms with E-state index in [0.717, 1.165) is 54.4 Å². The SMILES string of the molecule is COC(=O)c1c(-c2ccccc2)csc1NC(=O)CN1CCN(Cc2ccccc2Cl)CC1. The number of hydrogen-bond acceptors (Lipinski definition) is 6. The molecule has 0 unspecified atom stereocenters. The molecule has 1 fully saturated rings. The number of hydrogen-bond donors (Lipinski definition) is 1. The summed E-state index contributed by atoms with van der Waals surface area (Å²) >= 11 is 7.62. The van der Waals surface area contributed by atoms with E-state index in [2.05, 4.69) is 15.1 Å². The Morgan fingerprint density at radius 3 is 2.36 bits per heavy atom. The monoisotopic (exact) mass is 483 g/mol. The molecular formula is C25H26ClN3O3S. The minimum Gasteiger partial charge on any atom is -0.465 e. The lowest BCUT2D eigenvalue weighted by molar-refractivity contribution is -0.117. The molecule has 2 aromatic carbocycles. The van der Waals surface area contributed by atoms with Gasteiger partial charge in [0.1, 0.15) is 10.6 Å². The largest absolute Gasteiger partial charge is 0.465 e. The van der Waals surface area contributed by atoms with E-state index in [1.165, 1.54) is 18.4 Å². The van der Waals surface area contributed by atoms with Crippen LogP contribution in [0, 0.1) is 0 Å². The normalized spacial score (nSPS) is 14.7. The summed E-state index contributed by atoms with van der Waals surface area (Å²) in [6.45, 7) is 4.40. The Hall–Kier alpha value is -2.71. The first kappa shape index (κ1) is 23.4. The number of thiophene rings is 1. The Kier molecular flexibility index (Phi) is 7.77. The molecule has 0 spiro atoms. The maximum atomic E-state index is 12.8. The van der Waals surface area contributed by atoms with E-state index < -0.39 is 5.97 Å². The van der Waals surface area contributed by atoms with Crippen molar-refractivity contribution in [1.82, 2.24) is 9.80 Å². The molecule has 2 heterocycles. The summed E-state index contributed by atoms with van der Waals surface area (Å²) < 4.78 is 4.99. The number of amides is 1. The fourth-order valence-electron chi connectivity index (χ4n) is 3.93. The minimum absolute atomic E-state index is 0.138. The molecule has 1 amide bonds. The Bertz CT molecular complexity index is 1110. The van der Waals surface area contributed by atoms with Gasteiger partial charge in [0.2, 0.25) is 5.91 Å². The number of ether oxygens (including phenoxy) is 1. The van der Waals surface area contributed by atoms with Crippen LogP contribution in [0.3, 0.4) is 0 Å². The Morgan fingerprint density at radius 1 is 1.00 bits per heavy atom. The Labute approximate surface area is 202 Å². The van der Waals surface area contributed by atoms with Gasteiger partial charge in [-0.1, -0.05) is 60.1 Å². The van der Waals surface area contributed by atoms with Crippen LogP contribution in [-0.2, 0) is 16.1 Å². The van der Waals surface area contributed by atoms with Crippen molar-refractivity contribution in [2.24, 2.45) is 0 Å². The molecule has 3 aromatic rings. The number of nitrogens with zero attached hydrogens (tertiary/aromatic N) is 2. The average molecular weight is 484 g/mol. The number of piperazine rings is 1. The third-order valence-electron chi connectivity index (χ3n) is 5.70. The van der Waals surface area contributed by atoms with Crippen LogP contribution in [0.2, 0.25) is 5.02 Å². The van der Waals surface area contributed by atoms with E-state index in [1.807, 2.05) is 60.0 Å². The van der Waals surface area contributed by atoms with E-state index in [1.54, 1.807) is 0 Å². The van der Waals surface area contributed by atoms with Gasteiger partial charge in [-0.2, -0.15) is 0 Å². The van der Waals surface area contributed by atoms with Gasteiger partial charge in [-0.15, -0.1) is 11.3 Å². The number of benzene rings is 2. The molecular weight excluding hydrogens is 458 g/mol. The summed E-state index contributed by atoms with van der Waals surface area (Å²) in [4.78, 5) is 29.7. The summed E-state index contributed by atoms with van der Waals surface area (Å²) in [5.74, 6) is -0.597. The molecule has 6 nitrogen and oxygen atoms in total. The molecule has 8 heteroatoms. The van der Waals surface area contributed by atoms with Gasteiger partial charge in [0.15, 0.2) is 0 Å². The van der Waals surface area contributed by atoms with Crippen LogP contribution in [0.1, 0.15) is 15.9 Å². The topological polar surface area (TPSA) is 61.9 Å². The second-order valence-electron chi connectivity index (χ2n) is 7.90. The maximum absolute atomic E-state index is 12.8. The highest BCUT2D eigenvalue weighted by atomic mass is 35.5. The number of methoxy groups -OCH3 is 1. The van der Waals surface area contributed by atoms with Crippen LogP contribution in [0.4, 0.5) is 5.00 Å². The quantitative estimate of drug-likeness (QED) is 0.497. The molecule has 172 valence electrons. The second-order valence-corrected chi connectivity index (χ2v) is 9.19. The summed E-state index contributed by atoms with van der Waals surface area (Å²) in [5, 5.41) is 6.11. The summed E-state index contributed by atoms with van der Waals surface area (Å²) in [5.41, 5.74) is 3.18. The van der Waals surface area contributed by atoms with E-state index >= 15 is 0 Å². The molecule has 1 aromatic heterocycles. The minimum atomic E-state index is -0.460. The summed E-state index contributed by atoms with van der Waals surface area (Å²) in [7, 11) is 1.35. The Balaban J connectivity index is 1.35. The van der Waals surface area contributed by atoms with Crippen LogP contribution in [0.5, 0.6) is 0 Å². The van der Waals surface area contributed by atoms with Crippen molar-refractivity contribution in [2.75, 3.05) is 45.2 Å². The Morgan fingerprint density at radius 2 is 1.67 bits per heavy atom. The van der Waals surface area contributed by atoms with Crippen molar-refractivity contribution in [1.29, 1.82) is 0 Å². The van der Waals surface area contributed by atoms with E-state index in [9.17, 15) is 9.59 Å². The van der Waals surface area contributed by atoms with Gasteiger partial charge < -0.3 is 10.1 Å². The number of carbonyl (C=O) groups excluding carboxylic acids is 2. The van der Waals surface area contributed by atoms with Crippen molar-refractivity contribution in [3.05, 3.63) is 76.1 Å². The molecule has 0 radical (unpaired) electrons. The zero-order valence-electron chi connectivity index (χ0n) is 18.4. The third kappa shape index (κ3) is 5.81. The van der Waals surface area contributed by atoms with Gasteiger partial charge in [0.05, 0.1) is 13.7 Å². The standard InChI is InChI=1S/C25H26ClN3O3S/c1-32-25(31)23-20(18-7-3-2-4-8-18)17-33-24(23)27-22(30)16-29-13-11-28(12-14-29)15-19-9-5-6-10-21(19)26/h2-10,17H,11-16H2,1H3,(H,27,30). The fourth-order valence-corrected chi connectivity index (χ4v) is 5.10. The molecule has 1 aliphatic rings. The van der Waals surface area contributed by atoms with Crippen LogP contribution in [0.25, 0.3) is 11.1 Å². The van der Waals surface area contributed by atoms with Crippen molar-refractivity contribution in [3.63, 3.8) is 0 Å². The molecule has 1 saturated heterocycles. The predicted octanol–water partition coefficient (Wildman–Crippen LogP) is 4.61. The van der Waals surface area contributed by atoms with Gasteiger partial charge in [-0.3, -0.25) is 14.6 Å². The number of rotatable bonds is 7. The lowest BCUT2D eigenvalue weighted by Crippen LogP contribution is -2.48. The second kappa shape index (κ2) is 10.9. The van der Waals surface area contributed by atoms with Crippen molar-refractivity contribution in [2.45, 2.75) is 6.54 Å². The highest BCUT2D eigenvalue weighted by molar-refractivity contribution is 7.15. The molecule has 1 aliphatic heterocycles. The maximum Gasteiger partial charge on any atom is 0.341 e. The fraction of sp³-hybridized carbons (Fsp3) is 0.280. The third-order valence-corrected chi connectivity index (χ3v) is 6.97. The van der Waals surface area contributed by atoms with Gasteiger partial charge in [-0.05, 0) is 17.2 Å². The van der Waals surface area contributed by atoms with Crippen LogP contribution in [-0.4, -0.2) is 61.5 Å². The first-order chi connectivity index (χ1) is 16.0. The molecule has 0 atom stereocenters. The van der Waals surface area contributed by atoms with Crippen LogP contribution < -0.4 is 5.32 Å². The van der Waals surface area contributed by atoms with E-state index in [-0.39, 0.29) is 12.5 Å². The highest BCUT2D eigenvalue weighted by Gasteiger charge is 2.24. The first-order valence-electron chi connectivity index (χ1n) is 10.8. The molecule has 4 rings (SSSR count). The van der Waals surface area contributed by atoms with Gasteiger partial charge in [0, 0.05) is 48.7 Å². The molecule has 0 aliphatic carbocycles. The number of carbonyl (C=O) groups is 2. The molecule has 0 bridgehead atoms. The summed E-state index contributed by atoms with van der Waals surface area (Å²) in [6.07, 6.45) is 0. The molecule has 1 N–H and O–H groups in total. The van der Waals surface area contributed by atoms with Crippen molar-refractivity contribution in [3.8, 4) is 11.1 Å². The van der Waals surface area contributed by atoms with E-state index in [4.69, 9.17) is 16.3 Å². The first-order valence-corrected chi connectivity index (χ1v) is 12.0. The van der Waals surface area contributed by atoms with Gasteiger partial charge in [-0.25, -0.2) is 4.79 Å². The molecule has 33 heavy (non-hydrogen) atoms. The molecule has 0 saturated carbocycles. The van der Waals surface area contributed by atoms with Crippen LogP contribution >= 0.6 is 22.9 Å². The smallest absolute Gasteiger partial charge is 0.341 e. The zero-order chi connectivity index (χ0) is 23.2. The number of anilines is 1. The highest BCUT2D eigenvalue weighted by Crippen LogP contribution is 2.36.